The number of halogens is 1. The Hall–Kier alpha value is -2.65. The summed E-state index contributed by atoms with van der Waals surface area (Å²) < 4.78 is 50.8. The summed E-state index contributed by atoms with van der Waals surface area (Å²) in [7, 11) is -2.21. The van der Waals surface area contributed by atoms with Crippen LogP contribution in [0, 0.1) is 5.82 Å². The van der Waals surface area contributed by atoms with Gasteiger partial charge in [-0.15, -0.1) is 0 Å². The van der Waals surface area contributed by atoms with E-state index in [1.165, 1.54) is 60.8 Å². The number of carbonyl (C=O) groups is 1. The van der Waals surface area contributed by atoms with Crippen molar-refractivity contribution >= 4 is 21.6 Å². The normalized spacial score (nSPS) is 15.7. The summed E-state index contributed by atoms with van der Waals surface area (Å²) in [6.07, 6.45) is 0.762. The zero-order valence-electron chi connectivity index (χ0n) is 16.2. The van der Waals surface area contributed by atoms with Crippen molar-refractivity contribution < 1.29 is 27.1 Å². The third-order valence-corrected chi connectivity index (χ3v) is 6.52. The van der Waals surface area contributed by atoms with Crippen molar-refractivity contribution in [3.05, 3.63) is 48.3 Å². The van der Waals surface area contributed by atoms with Crippen LogP contribution in [0.25, 0.3) is 0 Å². The molecule has 9 heteroatoms. The molecule has 1 atom stereocenters. The maximum Gasteiger partial charge on any atom is 0.265 e. The summed E-state index contributed by atoms with van der Waals surface area (Å²) in [6, 6.07) is 9.65. The lowest BCUT2D eigenvalue weighted by Crippen LogP contribution is -2.31. The molecule has 29 heavy (non-hydrogen) atoms. The van der Waals surface area contributed by atoms with Crippen LogP contribution in [-0.4, -0.2) is 44.9 Å². The highest BCUT2D eigenvalue weighted by atomic mass is 32.2. The molecule has 0 bridgehead atoms. The van der Waals surface area contributed by atoms with E-state index in [-0.39, 0.29) is 10.6 Å². The van der Waals surface area contributed by atoms with Crippen LogP contribution in [0.1, 0.15) is 19.8 Å². The second-order valence-electron chi connectivity index (χ2n) is 6.68. The highest BCUT2D eigenvalue weighted by molar-refractivity contribution is 7.89. The molecule has 3 rings (SSSR count). The van der Waals surface area contributed by atoms with Crippen LogP contribution in [-0.2, 0) is 14.8 Å². The fourth-order valence-corrected chi connectivity index (χ4v) is 4.57. The van der Waals surface area contributed by atoms with Gasteiger partial charge in [0.05, 0.1) is 17.7 Å². The number of nitrogens with one attached hydrogen (secondary N) is 1. The second-order valence-corrected chi connectivity index (χ2v) is 8.61. The SMILES string of the molecule is COc1ccc(S(=O)(=O)N2CCCC2)cc1NC(=O)C(C)Oc1ccc(F)cc1. The summed E-state index contributed by atoms with van der Waals surface area (Å²) in [6.45, 7) is 2.51. The molecule has 1 saturated heterocycles. The van der Waals surface area contributed by atoms with Crippen LogP contribution in [0.4, 0.5) is 10.1 Å². The van der Waals surface area contributed by atoms with E-state index >= 15 is 0 Å². The molecule has 0 saturated carbocycles. The van der Waals surface area contributed by atoms with Crippen molar-refractivity contribution in [2.75, 3.05) is 25.5 Å². The predicted molar refractivity (Wildman–Crippen MR) is 106 cm³/mol. The van der Waals surface area contributed by atoms with Gasteiger partial charge in [-0.3, -0.25) is 4.79 Å². The highest BCUT2D eigenvalue weighted by Crippen LogP contribution is 2.30. The average Bonchev–Trinajstić information content (AvgIpc) is 3.25. The first kappa shape index (κ1) is 21.1. The summed E-state index contributed by atoms with van der Waals surface area (Å²) in [5.74, 6) is -0.238. The van der Waals surface area contributed by atoms with Gasteiger partial charge in [0.15, 0.2) is 6.10 Å². The van der Waals surface area contributed by atoms with E-state index < -0.39 is 27.9 Å². The maximum atomic E-state index is 13.0. The standard InChI is InChI=1S/C20H23FN2O5S/c1-14(28-16-7-5-15(21)6-8-16)20(24)22-18-13-17(9-10-19(18)27-2)29(25,26)23-11-3-4-12-23/h5-10,13-14H,3-4,11-12H2,1-2H3,(H,22,24). The van der Waals surface area contributed by atoms with Crippen LogP contribution >= 0.6 is 0 Å². The van der Waals surface area contributed by atoms with E-state index in [2.05, 4.69) is 5.32 Å². The summed E-state index contributed by atoms with van der Waals surface area (Å²) in [4.78, 5) is 12.6. The highest BCUT2D eigenvalue weighted by Gasteiger charge is 2.28. The van der Waals surface area contributed by atoms with Crippen molar-refractivity contribution in [3.8, 4) is 11.5 Å². The largest absolute Gasteiger partial charge is 0.495 e. The Labute approximate surface area is 169 Å². The molecule has 1 aliphatic rings. The molecule has 2 aromatic rings. The Kier molecular flexibility index (Phi) is 6.39. The van der Waals surface area contributed by atoms with Gasteiger partial charge >= 0.3 is 0 Å². The van der Waals surface area contributed by atoms with E-state index in [9.17, 15) is 17.6 Å². The first-order valence-corrected chi connectivity index (χ1v) is 10.7. The molecule has 0 aliphatic carbocycles. The topological polar surface area (TPSA) is 84.9 Å². The number of amides is 1. The van der Waals surface area contributed by atoms with Gasteiger partial charge in [0.1, 0.15) is 17.3 Å². The minimum Gasteiger partial charge on any atom is -0.495 e. The average molecular weight is 422 g/mol. The summed E-state index contributed by atoms with van der Waals surface area (Å²) in [5.41, 5.74) is 0.229. The number of rotatable bonds is 7. The molecule has 2 aromatic carbocycles. The number of hydrogen-bond acceptors (Lipinski definition) is 5. The van der Waals surface area contributed by atoms with Gasteiger partial charge in [-0.05, 0) is 62.2 Å². The Morgan fingerprint density at radius 2 is 1.79 bits per heavy atom. The lowest BCUT2D eigenvalue weighted by molar-refractivity contribution is -0.122. The number of methoxy groups -OCH3 is 1. The molecular weight excluding hydrogens is 399 g/mol. The Morgan fingerprint density at radius 1 is 1.14 bits per heavy atom. The quantitative estimate of drug-likeness (QED) is 0.741. The van der Waals surface area contributed by atoms with Crippen LogP contribution < -0.4 is 14.8 Å². The molecule has 1 amide bonds. The van der Waals surface area contributed by atoms with Crippen molar-refractivity contribution in [2.24, 2.45) is 0 Å². The first-order chi connectivity index (χ1) is 13.8. The number of nitrogens with zero attached hydrogens (tertiary/aromatic N) is 1. The zero-order valence-corrected chi connectivity index (χ0v) is 17.0. The van der Waals surface area contributed by atoms with Crippen LogP contribution in [0.2, 0.25) is 0 Å². The minimum atomic E-state index is -3.64. The van der Waals surface area contributed by atoms with Gasteiger partial charge in [-0.25, -0.2) is 12.8 Å². The van der Waals surface area contributed by atoms with Gasteiger partial charge in [-0.1, -0.05) is 0 Å². The van der Waals surface area contributed by atoms with E-state index in [4.69, 9.17) is 9.47 Å². The fourth-order valence-electron chi connectivity index (χ4n) is 3.03. The van der Waals surface area contributed by atoms with Crippen molar-refractivity contribution in [3.63, 3.8) is 0 Å². The van der Waals surface area contributed by atoms with Crippen molar-refractivity contribution in [1.29, 1.82) is 0 Å². The third-order valence-electron chi connectivity index (χ3n) is 4.63. The van der Waals surface area contributed by atoms with Gasteiger partial charge in [0.2, 0.25) is 10.0 Å². The molecule has 1 heterocycles. The maximum absolute atomic E-state index is 13.0. The predicted octanol–water partition coefficient (Wildman–Crippen LogP) is 3.02. The number of hydrogen-bond donors (Lipinski definition) is 1. The van der Waals surface area contributed by atoms with E-state index in [1.54, 1.807) is 0 Å². The Bertz CT molecular complexity index is 973. The Morgan fingerprint density at radius 3 is 2.41 bits per heavy atom. The molecule has 0 aromatic heterocycles. The van der Waals surface area contributed by atoms with Crippen molar-refractivity contribution in [1.82, 2.24) is 4.31 Å². The fraction of sp³-hybridized carbons (Fsp3) is 0.350. The van der Waals surface area contributed by atoms with Gasteiger partial charge in [-0.2, -0.15) is 4.31 Å². The van der Waals surface area contributed by atoms with Crippen LogP contribution in [0.3, 0.4) is 0 Å². The lowest BCUT2D eigenvalue weighted by atomic mass is 10.2. The lowest BCUT2D eigenvalue weighted by Gasteiger charge is -2.19. The molecule has 1 aliphatic heterocycles. The molecule has 0 radical (unpaired) electrons. The number of benzene rings is 2. The smallest absolute Gasteiger partial charge is 0.265 e. The number of sulfonamides is 1. The number of ether oxygens (including phenoxy) is 2. The van der Waals surface area contributed by atoms with Gasteiger partial charge in [0, 0.05) is 13.1 Å². The molecule has 1 N–H and O–H groups in total. The zero-order chi connectivity index (χ0) is 21.0. The molecule has 7 nitrogen and oxygen atoms in total. The van der Waals surface area contributed by atoms with E-state index in [0.717, 1.165) is 12.8 Å². The van der Waals surface area contributed by atoms with E-state index in [1.807, 2.05) is 0 Å². The summed E-state index contributed by atoms with van der Waals surface area (Å²) in [5, 5.41) is 2.65. The van der Waals surface area contributed by atoms with E-state index in [0.29, 0.717) is 24.6 Å². The summed E-state index contributed by atoms with van der Waals surface area (Å²) >= 11 is 0. The first-order valence-electron chi connectivity index (χ1n) is 9.22. The number of carbonyl (C=O) groups excluding carboxylic acids is 1. The van der Waals surface area contributed by atoms with Crippen LogP contribution in [0.5, 0.6) is 11.5 Å². The third kappa shape index (κ3) is 4.86. The second kappa shape index (κ2) is 8.79. The molecule has 1 fully saturated rings. The van der Waals surface area contributed by atoms with Gasteiger partial charge in [0.25, 0.3) is 5.91 Å². The van der Waals surface area contributed by atoms with Gasteiger partial charge < -0.3 is 14.8 Å². The Balaban J connectivity index is 1.78. The molecule has 0 spiro atoms. The molecule has 1 unspecified atom stereocenters. The monoisotopic (exact) mass is 422 g/mol. The van der Waals surface area contributed by atoms with Crippen molar-refractivity contribution in [2.45, 2.75) is 30.8 Å². The molecule has 156 valence electrons. The minimum absolute atomic E-state index is 0.0857. The number of anilines is 1. The van der Waals surface area contributed by atoms with Crippen LogP contribution in [0.15, 0.2) is 47.4 Å². The molecular formula is C20H23FN2O5S.